The van der Waals surface area contributed by atoms with Crippen molar-refractivity contribution in [1.82, 2.24) is 0 Å². The van der Waals surface area contributed by atoms with Crippen molar-refractivity contribution in [2.24, 2.45) is 5.92 Å². The van der Waals surface area contributed by atoms with Gasteiger partial charge >= 0.3 is 0 Å². The number of ketones is 2. The molecule has 1 heterocycles. The summed E-state index contributed by atoms with van der Waals surface area (Å²) in [6, 6.07) is 5.45. The summed E-state index contributed by atoms with van der Waals surface area (Å²) in [6.07, 6.45) is 1.83. The Kier molecular flexibility index (Phi) is 4.55. The second-order valence-corrected chi connectivity index (χ2v) is 5.45. The lowest BCUT2D eigenvalue weighted by Crippen LogP contribution is -2.47. The first-order valence-electron chi connectivity index (χ1n) is 7.05. The fourth-order valence-electron chi connectivity index (χ4n) is 2.80. The van der Waals surface area contributed by atoms with Gasteiger partial charge in [-0.25, -0.2) is 0 Å². The predicted molar refractivity (Wildman–Crippen MR) is 78.5 cm³/mol. The molecule has 0 spiro atoms. The first-order valence-corrected chi connectivity index (χ1v) is 7.05. The SMILES string of the molecule is CC(=O)c1cccc(N2CC(CCCO)C2)c1C(C)=O. The van der Waals surface area contributed by atoms with E-state index in [0.717, 1.165) is 31.6 Å². The van der Waals surface area contributed by atoms with Gasteiger partial charge in [0.25, 0.3) is 0 Å². The number of anilines is 1. The van der Waals surface area contributed by atoms with Crippen molar-refractivity contribution in [2.45, 2.75) is 26.7 Å². The van der Waals surface area contributed by atoms with Gasteiger partial charge in [0.05, 0.1) is 5.56 Å². The maximum absolute atomic E-state index is 11.9. The molecule has 1 fully saturated rings. The summed E-state index contributed by atoms with van der Waals surface area (Å²) in [6.45, 7) is 5.01. The summed E-state index contributed by atoms with van der Waals surface area (Å²) in [7, 11) is 0. The molecule has 4 nitrogen and oxygen atoms in total. The zero-order chi connectivity index (χ0) is 14.7. The number of hydrogen-bond donors (Lipinski definition) is 1. The van der Waals surface area contributed by atoms with Gasteiger partial charge in [-0.3, -0.25) is 9.59 Å². The van der Waals surface area contributed by atoms with Crippen LogP contribution in [0.5, 0.6) is 0 Å². The lowest BCUT2D eigenvalue weighted by atomic mass is 9.91. The Labute approximate surface area is 119 Å². The van der Waals surface area contributed by atoms with E-state index < -0.39 is 0 Å². The van der Waals surface area contributed by atoms with Crippen molar-refractivity contribution in [1.29, 1.82) is 0 Å². The van der Waals surface area contributed by atoms with Gasteiger partial charge in [-0.05, 0) is 38.7 Å². The minimum absolute atomic E-state index is 0.0652. The molecule has 0 aromatic heterocycles. The number of aliphatic hydroxyl groups is 1. The average Bonchev–Trinajstić information content (AvgIpc) is 2.36. The van der Waals surface area contributed by atoms with Crippen molar-refractivity contribution < 1.29 is 14.7 Å². The van der Waals surface area contributed by atoms with E-state index in [1.807, 2.05) is 12.1 Å². The highest BCUT2D eigenvalue weighted by Crippen LogP contribution is 2.32. The molecule has 1 saturated heterocycles. The van der Waals surface area contributed by atoms with E-state index in [9.17, 15) is 9.59 Å². The molecule has 1 aromatic carbocycles. The number of Topliss-reactive ketones (excluding diaryl/α,β-unsaturated/α-hetero) is 2. The molecular weight excluding hydrogens is 254 g/mol. The first kappa shape index (κ1) is 14.7. The normalized spacial score (nSPS) is 15.1. The number of carbonyl (C=O) groups is 2. The molecule has 1 aliphatic heterocycles. The van der Waals surface area contributed by atoms with Crippen molar-refractivity contribution in [3.8, 4) is 0 Å². The Morgan fingerprint density at radius 1 is 1.25 bits per heavy atom. The van der Waals surface area contributed by atoms with Gasteiger partial charge in [0.15, 0.2) is 11.6 Å². The van der Waals surface area contributed by atoms with Crippen LogP contribution in [0.3, 0.4) is 0 Å². The second-order valence-electron chi connectivity index (χ2n) is 5.45. The lowest BCUT2D eigenvalue weighted by molar-refractivity contribution is 0.0981. The molecule has 1 N–H and O–H groups in total. The molecule has 0 bridgehead atoms. The molecule has 0 unspecified atom stereocenters. The van der Waals surface area contributed by atoms with Crippen molar-refractivity contribution >= 4 is 17.3 Å². The van der Waals surface area contributed by atoms with Gasteiger partial charge < -0.3 is 10.0 Å². The third kappa shape index (κ3) is 2.90. The van der Waals surface area contributed by atoms with Gasteiger partial charge in [0.1, 0.15) is 0 Å². The van der Waals surface area contributed by atoms with Crippen LogP contribution in [0, 0.1) is 5.92 Å². The zero-order valence-corrected chi connectivity index (χ0v) is 12.1. The Balaban J connectivity index is 2.19. The highest BCUT2D eigenvalue weighted by Gasteiger charge is 2.29. The standard InChI is InChI=1S/C16H21NO3/c1-11(19)14-6-3-7-15(16(14)12(2)20)17-9-13(10-17)5-4-8-18/h3,6-7,13,18H,4-5,8-10H2,1-2H3. The quantitative estimate of drug-likeness (QED) is 0.809. The van der Waals surface area contributed by atoms with Crippen LogP contribution in [-0.4, -0.2) is 36.4 Å². The van der Waals surface area contributed by atoms with Gasteiger partial charge in [0, 0.05) is 30.9 Å². The average molecular weight is 275 g/mol. The van der Waals surface area contributed by atoms with Crippen LogP contribution >= 0.6 is 0 Å². The fourth-order valence-corrected chi connectivity index (χ4v) is 2.80. The van der Waals surface area contributed by atoms with E-state index in [0.29, 0.717) is 17.0 Å². The second kappa shape index (κ2) is 6.18. The molecule has 1 aliphatic rings. The molecule has 0 amide bonds. The van der Waals surface area contributed by atoms with E-state index >= 15 is 0 Å². The molecular formula is C16H21NO3. The number of benzene rings is 1. The van der Waals surface area contributed by atoms with Crippen LogP contribution in [-0.2, 0) is 0 Å². The smallest absolute Gasteiger partial charge is 0.162 e. The Morgan fingerprint density at radius 2 is 1.95 bits per heavy atom. The van der Waals surface area contributed by atoms with Crippen LogP contribution in [0.25, 0.3) is 0 Å². The molecule has 4 heteroatoms. The number of aliphatic hydroxyl groups excluding tert-OH is 1. The van der Waals surface area contributed by atoms with Crippen molar-refractivity contribution in [3.05, 3.63) is 29.3 Å². The van der Waals surface area contributed by atoms with Crippen LogP contribution < -0.4 is 4.90 Å². The van der Waals surface area contributed by atoms with Gasteiger partial charge in [-0.15, -0.1) is 0 Å². The predicted octanol–water partition coefficient (Wildman–Crippen LogP) is 2.30. The summed E-state index contributed by atoms with van der Waals surface area (Å²) >= 11 is 0. The molecule has 2 rings (SSSR count). The molecule has 0 radical (unpaired) electrons. The monoisotopic (exact) mass is 275 g/mol. The molecule has 108 valence electrons. The molecule has 1 aromatic rings. The summed E-state index contributed by atoms with van der Waals surface area (Å²) in [5, 5.41) is 8.84. The van der Waals surface area contributed by atoms with Crippen LogP contribution in [0.15, 0.2) is 18.2 Å². The van der Waals surface area contributed by atoms with Crippen LogP contribution in [0.1, 0.15) is 47.4 Å². The zero-order valence-electron chi connectivity index (χ0n) is 12.1. The summed E-state index contributed by atoms with van der Waals surface area (Å²) in [5.41, 5.74) is 1.92. The van der Waals surface area contributed by atoms with E-state index in [-0.39, 0.29) is 18.2 Å². The Hall–Kier alpha value is -1.68. The number of nitrogens with zero attached hydrogens (tertiary/aromatic N) is 1. The highest BCUT2D eigenvalue weighted by atomic mass is 16.3. The van der Waals surface area contributed by atoms with Gasteiger partial charge in [-0.1, -0.05) is 12.1 Å². The highest BCUT2D eigenvalue weighted by molar-refractivity contribution is 6.10. The van der Waals surface area contributed by atoms with E-state index in [1.165, 1.54) is 13.8 Å². The minimum Gasteiger partial charge on any atom is -0.396 e. The molecule has 0 atom stereocenters. The first-order chi connectivity index (χ1) is 9.54. The molecule has 0 aliphatic carbocycles. The minimum atomic E-state index is -0.0746. The number of carbonyl (C=O) groups excluding carboxylic acids is 2. The van der Waals surface area contributed by atoms with Crippen LogP contribution in [0.4, 0.5) is 5.69 Å². The van der Waals surface area contributed by atoms with E-state index in [2.05, 4.69) is 4.90 Å². The Bertz CT molecular complexity index is 518. The lowest BCUT2D eigenvalue weighted by Gasteiger charge is -2.42. The third-order valence-corrected chi connectivity index (χ3v) is 3.84. The van der Waals surface area contributed by atoms with Gasteiger partial charge in [-0.2, -0.15) is 0 Å². The fraction of sp³-hybridized carbons (Fsp3) is 0.500. The van der Waals surface area contributed by atoms with E-state index in [4.69, 9.17) is 5.11 Å². The van der Waals surface area contributed by atoms with Gasteiger partial charge in [0.2, 0.25) is 0 Å². The summed E-state index contributed by atoms with van der Waals surface area (Å²) < 4.78 is 0. The van der Waals surface area contributed by atoms with Crippen LogP contribution in [0.2, 0.25) is 0 Å². The topological polar surface area (TPSA) is 57.6 Å². The maximum atomic E-state index is 11.9. The van der Waals surface area contributed by atoms with Crippen molar-refractivity contribution in [3.63, 3.8) is 0 Å². The molecule has 0 saturated carbocycles. The maximum Gasteiger partial charge on any atom is 0.162 e. The van der Waals surface area contributed by atoms with Crippen molar-refractivity contribution in [2.75, 3.05) is 24.6 Å². The third-order valence-electron chi connectivity index (χ3n) is 3.84. The summed E-state index contributed by atoms with van der Waals surface area (Å²) in [5.74, 6) is 0.432. The number of rotatable bonds is 6. The Morgan fingerprint density at radius 3 is 2.50 bits per heavy atom. The summed E-state index contributed by atoms with van der Waals surface area (Å²) in [4.78, 5) is 25.7. The largest absolute Gasteiger partial charge is 0.396 e. The molecule has 20 heavy (non-hydrogen) atoms. The number of hydrogen-bond acceptors (Lipinski definition) is 4. The van der Waals surface area contributed by atoms with E-state index in [1.54, 1.807) is 6.07 Å².